The molecule has 0 rings (SSSR count). The highest BCUT2D eigenvalue weighted by atomic mass is 35.7. The molecule has 0 aromatic heterocycles. The van der Waals surface area contributed by atoms with Crippen LogP contribution < -0.4 is 0 Å². The molecule has 10 heavy (non-hydrogen) atoms. The molecule has 0 spiro atoms. The SMILES string of the molecule is CCCCCO[Si](C)(Cl)Cl. The molecule has 0 aromatic rings. The van der Waals surface area contributed by atoms with E-state index in [2.05, 4.69) is 6.92 Å². The van der Waals surface area contributed by atoms with Gasteiger partial charge in [-0.05, 0) is 13.0 Å². The predicted octanol–water partition coefficient (Wildman–Crippen LogP) is 3.24. The smallest absolute Gasteiger partial charge is 0.386 e. The number of unbranched alkanes of at least 4 members (excludes halogenated alkanes) is 2. The Labute approximate surface area is 73.2 Å². The van der Waals surface area contributed by atoms with Gasteiger partial charge in [0.2, 0.25) is 0 Å². The van der Waals surface area contributed by atoms with E-state index in [1.54, 1.807) is 6.55 Å². The summed E-state index contributed by atoms with van der Waals surface area (Å²) in [6.45, 7) is 2.37. The Hall–Kier alpha value is 0.757. The molecule has 1 nitrogen and oxygen atoms in total. The van der Waals surface area contributed by atoms with Crippen LogP contribution in [0.1, 0.15) is 26.2 Å². The van der Waals surface area contributed by atoms with Gasteiger partial charge in [0.05, 0.1) is 0 Å². The lowest BCUT2D eigenvalue weighted by Gasteiger charge is -2.10. The quantitative estimate of drug-likeness (QED) is 0.377. The standard InChI is InChI=1S/C6H14Cl2OSi/c1-3-4-5-6-9-10(2,7)8/h3-6H2,1-2H3. The van der Waals surface area contributed by atoms with Crippen molar-refractivity contribution in [2.45, 2.75) is 32.7 Å². The van der Waals surface area contributed by atoms with Crippen LogP contribution in [-0.4, -0.2) is 13.5 Å². The van der Waals surface area contributed by atoms with Crippen molar-refractivity contribution >= 4 is 29.1 Å². The van der Waals surface area contributed by atoms with Crippen molar-refractivity contribution in [3.63, 3.8) is 0 Å². The zero-order chi connectivity index (χ0) is 8.04. The molecule has 0 N–H and O–H groups in total. The van der Waals surface area contributed by atoms with E-state index in [1.165, 1.54) is 12.8 Å². The van der Waals surface area contributed by atoms with Gasteiger partial charge >= 0.3 is 6.94 Å². The zero-order valence-corrected chi connectivity index (χ0v) is 9.00. The second-order valence-corrected chi connectivity index (χ2v) is 9.18. The maximum Gasteiger partial charge on any atom is 0.386 e. The van der Waals surface area contributed by atoms with Gasteiger partial charge in [-0.1, -0.05) is 19.8 Å². The van der Waals surface area contributed by atoms with Gasteiger partial charge in [-0.2, -0.15) is 0 Å². The third-order valence-corrected chi connectivity index (χ3v) is 2.47. The van der Waals surface area contributed by atoms with Crippen LogP contribution in [0.2, 0.25) is 6.55 Å². The van der Waals surface area contributed by atoms with E-state index >= 15 is 0 Å². The highest BCUT2D eigenvalue weighted by Gasteiger charge is 2.21. The van der Waals surface area contributed by atoms with Crippen molar-refractivity contribution in [1.82, 2.24) is 0 Å². The molecule has 0 aliphatic heterocycles. The molecule has 0 bridgehead atoms. The largest absolute Gasteiger partial charge is 0.392 e. The van der Waals surface area contributed by atoms with Gasteiger partial charge in [-0.25, -0.2) is 0 Å². The molecular weight excluding hydrogens is 187 g/mol. The number of halogens is 2. The highest BCUT2D eigenvalue weighted by Crippen LogP contribution is 2.15. The number of rotatable bonds is 5. The van der Waals surface area contributed by atoms with Crippen molar-refractivity contribution in [2.75, 3.05) is 6.61 Å². The van der Waals surface area contributed by atoms with Crippen molar-refractivity contribution in [1.29, 1.82) is 0 Å². The molecule has 4 heteroatoms. The van der Waals surface area contributed by atoms with Crippen LogP contribution in [0.25, 0.3) is 0 Å². The Balaban J connectivity index is 3.04. The summed E-state index contributed by atoms with van der Waals surface area (Å²) in [6, 6.07) is 0. The fraction of sp³-hybridized carbons (Fsp3) is 1.00. The lowest BCUT2D eigenvalue weighted by Crippen LogP contribution is -2.19. The average molecular weight is 201 g/mol. The van der Waals surface area contributed by atoms with Crippen LogP contribution in [0.3, 0.4) is 0 Å². The minimum atomic E-state index is -2.26. The minimum absolute atomic E-state index is 0.712. The predicted molar refractivity (Wildman–Crippen MR) is 48.8 cm³/mol. The highest BCUT2D eigenvalue weighted by molar-refractivity contribution is 7.41. The van der Waals surface area contributed by atoms with Crippen molar-refractivity contribution < 1.29 is 4.43 Å². The second kappa shape index (κ2) is 5.41. The van der Waals surface area contributed by atoms with Gasteiger partial charge in [0.1, 0.15) is 0 Å². The summed E-state index contributed by atoms with van der Waals surface area (Å²) < 4.78 is 5.20. The Kier molecular flexibility index (Phi) is 5.82. The summed E-state index contributed by atoms with van der Waals surface area (Å²) in [4.78, 5) is 0. The lowest BCUT2D eigenvalue weighted by atomic mass is 10.3. The third-order valence-electron chi connectivity index (χ3n) is 1.10. The van der Waals surface area contributed by atoms with E-state index in [-0.39, 0.29) is 0 Å². The lowest BCUT2D eigenvalue weighted by molar-refractivity contribution is 0.315. The fourth-order valence-electron chi connectivity index (χ4n) is 0.603. The first-order valence-corrected chi connectivity index (χ1v) is 8.01. The van der Waals surface area contributed by atoms with Gasteiger partial charge in [-0.3, -0.25) is 0 Å². The molecular formula is C6H14Cl2OSi. The summed E-state index contributed by atoms with van der Waals surface area (Å²) in [7, 11) is 0. The summed E-state index contributed by atoms with van der Waals surface area (Å²) >= 11 is 11.4. The summed E-state index contributed by atoms with van der Waals surface area (Å²) in [6.07, 6.45) is 3.46. The minimum Gasteiger partial charge on any atom is -0.392 e. The second-order valence-electron chi connectivity index (χ2n) is 2.36. The van der Waals surface area contributed by atoms with E-state index < -0.39 is 6.94 Å². The first-order valence-electron chi connectivity index (χ1n) is 3.58. The van der Waals surface area contributed by atoms with Crippen LogP contribution in [0.15, 0.2) is 0 Å². The van der Waals surface area contributed by atoms with Gasteiger partial charge in [-0.15, -0.1) is 22.2 Å². The molecule has 0 aromatic carbocycles. The first kappa shape index (κ1) is 10.8. The van der Waals surface area contributed by atoms with E-state index in [1.807, 2.05) is 0 Å². The van der Waals surface area contributed by atoms with Gasteiger partial charge in [0, 0.05) is 6.61 Å². The Bertz CT molecular complexity index is 82.3. The Morgan fingerprint density at radius 3 is 2.30 bits per heavy atom. The molecule has 0 saturated carbocycles. The van der Waals surface area contributed by atoms with E-state index in [0.717, 1.165) is 6.42 Å². The van der Waals surface area contributed by atoms with Gasteiger partial charge in [0.25, 0.3) is 0 Å². The van der Waals surface area contributed by atoms with Crippen molar-refractivity contribution in [2.24, 2.45) is 0 Å². The molecule has 0 aliphatic rings. The molecule has 0 fully saturated rings. The monoisotopic (exact) mass is 200 g/mol. The van der Waals surface area contributed by atoms with Gasteiger partial charge < -0.3 is 4.43 Å². The molecule has 0 atom stereocenters. The van der Waals surface area contributed by atoms with Gasteiger partial charge in [0.15, 0.2) is 0 Å². The van der Waals surface area contributed by atoms with E-state index in [0.29, 0.717) is 6.61 Å². The number of hydrogen-bond donors (Lipinski definition) is 0. The molecule has 62 valence electrons. The van der Waals surface area contributed by atoms with Crippen LogP contribution in [0.4, 0.5) is 0 Å². The average Bonchev–Trinajstić information content (AvgIpc) is 1.78. The number of hydrogen-bond acceptors (Lipinski definition) is 1. The molecule has 0 heterocycles. The topological polar surface area (TPSA) is 9.23 Å². The molecule has 0 radical (unpaired) electrons. The summed E-state index contributed by atoms with van der Waals surface area (Å²) in [5, 5.41) is 0. The summed E-state index contributed by atoms with van der Waals surface area (Å²) in [5.41, 5.74) is 0. The maximum atomic E-state index is 5.69. The molecule has 0 aliphatic carbocycles. The third kappa shape index (κ3) is 8.76. The first-order chi connectivity index (χ1) is 4.56. The van der Waals surface area contributed by atoms with Crippen LogP contribution in [-0.2, 0) is 4.43 Å². The van der Waals surface area contributed by atoms with Crippen LogP contribution in [0.5, 0.6) is 0 Å². The van der Waals surface area contributed by atoms with Crippen LogP contribution in [0, 0.1) is 0 Å². The molecule has 0 unspecified atom stereocenters. The van der Waals surface area contributed by atoms with Crippen LogP contribution >= 0.6 is 22.2 Å². The van der Waals surface area contributed by atoms with E-state index in [4.69, 9.17) is 26.6 Å². The molecule has 0 amide bonds. The van der Waals surface area contributed by atoms with Crippen molar-refractivity contribution in [3.05, 3.63) is 0 Å². The normalized spacial score (nSPS) is 12.0. The Morgan fingerprint density at radius 1 is 1.30 bits per heavy atom. The summed E-state index contributed by atoms with van der Waals surface area (Å²) in [5.74, 6) is 0. The Morgan fingerprint density at radius 2 is 1.90 bits per heavy atom. The molecule has 0 saturated heterocycles. The zero-order valence-electron chi connectivity index (χ0n) is 6.49. The fourth-order valence-corrected chi connectivity index (χ4v) is 1.57. The van der Waals surface area contributed by atoms with E-state index in [9.17, 15) is 0 Å². The van der Waals surface area contributed by atoms with Crippen molar-refractivity contribution in [3.8, 4) is 0 Å². The maximum absolute atomic E-state index is 5.69.